The fourth-order valence-electron chi connectivity index (χ4n) is 3.24. The first-order chi connectivity index (χ1) is 14.0. The summed E-state index contributed by atoms with van der Waals surface area (Å²) in [6.45, 7) is -0.880. The number of nitrogens with one attached hydrogen (secondary N) is 1. The molecular weight excluding hydrogens is 362 g/mol. The molecule has 136 valence electrons. The van der Waals surface area contributed by atoms with Gasteiger partial charge in [-0.1, -0.05) is 24.3 Å². The number of benzene rings is 2. The van der Waals surface area contributed by atoms with E-state index in [-0.39, 0.29) is 5.91 Å². The van der Waals surface area contributed by atoms with E-state index in [9.17, 15) is 4.79 Å². The predicted octanol–water partition coefficient (Wildman–Crippen LogP) is 3.81. The Balaban J connectivity index is 1.29. The zero-order chi connectivity index (χ0) is 20.0. The maximum absolute atomic E-state index is 12.9. The highest BCUT2D eigenvalue weighted by molar-refractivity contribution is 7.14. The fourth-order valence-corrected chi connectivity index (χ4v) is 3.95. The van der Waals surface area contributed by atoms with Crippen LogP contribution in [0, 0.1) is 0 Å². The standard InChI is InChI=1S/C20H17N3O3S/c24-19(23-8-7-13-3-1-2-4-14(13)10-23)16-11-27-20(22-16)21-15-5-6-17-18(9-15)26-12-25-17/h1-6,9,11H,7-8,10,12H2,(H,21,22)/i12D2. The molecule has 1 amide bonds. The van der Waals surface area contributed by atoms with Crippen molar-refractivity contribution in [3.8, 4) is 11.5 Å². The Morgan fingerprint density at radius 3 is 2.96 bits per heavy atom. The number of amides is 1. The number of aromatic nitrogens is 1. The Kier molecular flexibility index (Phi) is 3.43. The summed E-state index contributed by atoms with van der Waals surface area (Å²) in [5, 5.41) is 5.46. The number of thiazole rings is 1. The minimum absolute atomic E-state index is 0.0808. The highest BCUT2D eigenvalue weighted by Crippen LogP contribution is 2.35. The SMILES string of the molecule is [2H]C1([2H])Oc2ccc(Nc3nc(C(=O)N4CCc5ccccc5C4)cs3)cc2O1. The van der Waals surface area contributed by atoms with Gasteiger partial charge in [-0.05, 0) is 29.7 Å². The summed E-state index contributed by atoms with van der Waals surface area (Å²) in [6, 6.07) is 13.2. The molecule has 0 spiro atoms. The molecule has 2 aromatic carbocycles. The second kappa shape index (κ2) is 6.59. The van der Waals surface area contributed by atoms with E-state index in [1.54, 1.807) is 23.6 Å². The van der Waals surface area contributed by atoms with Gasteiger partial charge in [0.25, 0.3) is 5.91 Å². The van der Waals surface area contributed by atoms with Gasteiger partial charge in [0.15, 0.2) is 16.6 Å². The molecule has 27 heavy (non-hydrogen) atoms. The predicted molar refractivity (Wildman–Crippen MR) is 103 cm³/mol. The lowest BCUT2D eigenvalue weighted by atomic mass is 10.00. The Hall–Kier alpha value is -3.06. The van der Waals surface area contributed by atoms with E-state index in [0.717, 1.165) is 6.42 Å². The second-order valence-corrected chi connectivity index (χ2v) is 7.22. The topological polar surface area (TPSA) is 63.7 Å². The number of carbonyl (C=O) groups is 1. The molecule has 0 saturated carbocycles. The lowest BCUT2D eigenvalue weighted by molar-refractivity contribution is 0.0729. The number of anilines is 2. The van der Waals surface area contributed by atoms with Gasteiger partial charge < -0.3 is 19.7 Å². The van der Waals surface area contributed by atoms with Crippen LogP contribution >= 0.6 is 11.3 Å². The van der Waals surface area contributed by atoms with Gasteiger partial charge >= 0.3 is 0 Å². The zero-order valence-corrected chi connectivity index (χ0v) is 15.1. The fraction of sp³-hybridized carbons (Fsp3) is 0.200. The van der Waals surface area contributed by atoms with E-state index in [0.29, 0.717) is 41.1 Å². The van der Waals surface area contributed by atoms with Crippen LogP contribution in [0.2, 0.25) is 0 Å². The summed E-state index contributed by atoms with van der Waals surface area (Å²) in [4.78, 5) is 19.1. The van der Waals surface area contributed by atoms with Crippen LogP contribution in [0.4, 0.5) is 10.8 Å². The normalized spacial score (nSPS) is 17.7. The number of rotatable bonds is 3. The van der Waals surface area contributed by atoms with Crippen molar-refractivity contribution >= 4 is 28.1 Å². The van der Waals surface area contributed by atoms with Gasteiger partial charge in [-0.15, -0.1) is 11.3 Å². The molecule has 0 fully saturated rings. The minimum atomic E-state index is -2.16. The van der Waals surface area contributed by atoms with E-state index >= 15 is 0 Å². The number of ether oxygens (including phenoxy) is 2. The summed E-state index contributed by atoms with van der Waals surface area (Å²) in [5.41, 5.74) is 3.56. The summed E-state index contributed by atoms with van der Waals surface area (Å²) < 4.78 is 25.2. The molecule has 0 unspecified atom stereocenters. The largest absolute Gasteiger partial charge is 0.454 e. The van der Waals surface area contributed by atoms with E-state index in [1.165, 1.54) is 22.5 Å². The summed E-state index contributed by atoms with van der Waals surface area (Å²) in [5.74, 6) is 0.587. The van der Waals surface area contributed by atoms with E-state index in [1.807, 2.05) is 17.0 Å². The molecule has 0 atom stereocenters. The Bertz CT molecular complexity index is 1100. The lowest BCUT2D eigenvalue weighted by Crippen LogP contribution is -2.36. The van der Waals surface area contributed by atoms with Gasteiger partial charge in [0.2, 0.25) is 6.75 Å². The minimum Gasteiger partial charge on any atom is -0.454 e. The highest BCUT2D eigenvalue weighted by Gasteiger charge is 2.23. The summed E-state index contributed by atoms with van der Waals surface area (Å²) >= 11 is 1.34. The molecule has 3 aromatic rings. The molecule has 0 aliphatic carbocycles. The molecule has 5 rings (SSSR count). The Morgan fingerprint density at radius 2 is 2.04 bits per heavy atom. The first kappa shape index (κ1) is 14.1. The van der Waals surface area contributed by atoms with Gasteiger partial charge in [0.1, 0.15) is 8.44 Å². The van der Waals surface area contributed by atoms with Crippen molar-refractivity contribution in [3.05, 3.63) is 64.7 Å². The van der Waals surface area contributed by atoms with Crippen LogP contribution in [0.15, 0.2) is 47.8 Å². The quantitative estimate of drug-likeness (QED) is 0.747. The van der Waals surface area contributed by atoms with Crippen LogP contribution in [-0.2, 0) is 13.0 Å². The van der Waals surface area contributed by atoms with Crippen molar-refractivity contribution in [2.24, 2.45) is 0 Å². The van der Waals surface area contributed by atoms with Crippen molar-refractivity contribution in [1.29, 1.82) is 0 Å². The van der Waals surface area contributed by atoms with Crippen LogP contribution in [0.3, 0.4) is 0 Å². The second-order valence-electron chi connectivity index (χ2n) is 6.36. The molecule has 1 N–H and O–H groups in total. The molecule has 0 radical (unpaired) electrons. The first-order valence-corrected chi connectivity index (χ1v) is 9.45. The molecule has 3 heterocycles. The third-order valence-corrected chi connectivity index (χ3v) is 5.40. The van der Waals surface area contributed by atoms with Crippen LogP contribution < -0.4 is 14.8 Å². The molecule has 0 saturated heterocycles. The Labute approximate surface area is 163 Å². The molecule has 2 aliphatic rings. The van der Waals surface area contributed by atoms with Gasteiger partial charge in [-0.3, -0.25) is 4.79 Å². The average Bonchev–Trinajstić information content (AvgIpc) is 3.29. The first-order valence-electron chi connectivity index (χ1n) is 9.57. The molecule has 2 aliphatic heterocycles. The van der Waals surface area contributed by atoms with Crippen molar-refractivity contribution in [2.45, 2.75) is 13.0 Å². The van der Waals surface area contributed by atoms with Crippen LogP contribution in [0.25, 0.3) is 0 Å². The van der Waals surface area contributed by atoms with Gasteiger partial charge in [0.05, 0.1) is 0 Å². The number of fused-ring (bicyclic) bond motifs is 2. The molecule has 1 aromatic heterocycles. The average molecular weight is 381 g/mol. The number of carbonyl (C=O) groups excluding carboxylic acids is 1. The van der Waals surface area contributed by atoms with Crippen molar-refractivity contribution in [3.63, 3.8) is 0 Å². The third-order valence-electron chi connectivity index (χ3n) is 4.64. The maximum Gasteiger partial charge on any atom is 0.273 e. The zero-order valence-electron chi connectivity index (χ0n) is 16.3. The summed E-state index contributed by atoms with van der Waals surface area (Å²) in [7, 11) is 0. The molecule has 6 nitrogen and oxygen atoms in total. The van der Waals surface area contributed by atoms with Crippen LogP contribution in [-0.4, -0.2) is 29.1 Å². The van der Waals surface area contributed by atoms with Crippen molar-refractivity contribution in [2.75, 3.05) is 18.6 Å². The van der Waals surface area contributed by atoms with Crippen molar-refractivity contribution in [1.82, 2.24) is 9.88 Å². The van der Waals surface area contributed by atoms with Gasteiger partial charge in [-0.25, -0.2) is 4.98 Å². The number of hydrogen-bond donors (Lipinski definition) is 1. The van der Waals surface area contributed by atoms with E-state index < -0.39 is 6.75 Å². The van der Waals surface area contributed by atoms with Crippen LogP contribution in [0.5, 0.6) is 11.5 Å². The molecule has 7 heteroatoms. The van der Waals surface area contributed by atoms with Crippen molar-refractivity contribution < 1.29 is 17.0 Å². The lowest BCUT2D eigenvalue weighted by Gasteiger charge is -2.28. The highest BCUT2D eigenvalue weighted by atomic mass is 32.1. The number of nitrogens with zero attached hydrogens (tertiary/aromatic N) is 2. The maximum atomic E-state index is 12.9. The van der Waals surface area contributed by atoms with E-state index in [4.69, 9.17) is 12.2 Å². The third kappa shape index (κ3) is 3.10. The Morgan fingerprint density at radius 1 is 1.19 bits per heavy atom. The van der Waals surface area contributed by atoms with Crippen LogP contribution in [0.1, 0.15) is 24.4 Å². The molecular formula is C20H17N3O3S. The van der Waals surface area contributed by atoms with Gasteiger partial charge in [0, 0.05) is 30.2 Å². The van der Waals surface area contributed by atoms with E-state index in [2.05, 4.69) is 22.4 Å². The smallest absolute Gasteiger partial charge is 0.273 e. The van der Waals surface area contributed by atoms with Gasteiger partial charge in [-0.2, -0.15) is 0 Å². The summed E-state index contributed by atoms with van der Waals surface area (Å²) in [6.07, 6.45) is 0.849. The monoisotopic (exact) mass is 381 g/mol. The molecule has 0 bridgehead atoms. The number of hydrogen-bond acceptors (Lipinski definition) is 6.